The summed E-state index contributed by atoms with van der Waals surface area (Å²) in [6, 6.07) is 3.53. The van der Waals surface area contributed by atoms with Gasteiger partial charge in [-0.05, 0) is 30.5 Å². The van der Waals surface area contributed by atoms with Crippen molar-refractivity contribution in [2.24, 2.45) is 0 Å². The average molecular weight is 384 g/mol. The topological polar surface area (TPSA) is 69.6 Å². The number of urea groups is 1. The number of amides is 3. The Balaban J connectivity index is 1.71. The first-order chi connectivity index (χ1) is 12.7. The predicted octanol–water partition coefficient (Wildman–Crippen LogP) is 3.77. The van der Waals surface area contributed by atoms with E-state index < -0.39 is 29.4 Å². The Morgan fingerprint density at radius 3 is 2.15 bits per heavy atom. The lowest BCUT2D eigenvalue weighted by atomic mass is 9.84. The van der Waals surface area contributed by atoms with Crippen LogP contribution in [0.2, 0.25) is 0 Å². The van der Waals surface area contributed by atoms with E-state index in [2.05, 4.69) is 5.32 Å². The summed E-state index contributed by atoms with van der Waals surface area (Å²) in [6.07, 6.45) is 0.286. The molecular weight excluding hydrogens is 361 g/mol. The van der Waals surface area contributed by atoms with Gasteiger partial charge in [-0.2, -0.15) is 13.2 Å². The number of carbonyl (C=O) groups excluding carboxylic acids is 2. The second-order valence-corrected chi connectivity index (χ2v) is 7.33. The van der Waals surface area contributed by atoms with Crippen LogP contribution >= 0.6 is 0 Å². The third-order valence-electron chi connectivity index (χ3n) is 5.43. The van der Waals surface area contributed by atoms with Gasteiger partial charge in [-0.3, -0.25) is 9.69 Å². The summed E-state index contributed by atoms with van der Waals surface area (Å²) in [5.41, 5.74) is -1.50. The molecule has 2 aliphatic rings. The van der Waals surface area contributed by atoms with Crippen molar-refractivity contribution in [2.75, 3.05) is 6.54 Å². The maximum Gasteiger partial charge on any atom is 0.416 e. The molecule has 148 valence electrons. The second kappa shape index (κ2) is 7.50. The van der Waals surface area contributed by atoms with Crippen LogP contribution in [-0.4, -0.2) is 34.0 Å². The van der Waals surface area contributed by atoms with Gasteiger partial charge < -0.3 is 10.4 Å². The number of alkyl halides is 3. The summed E-state index contributed by atoms with van der Waals surface area (Å²) in [7, 11) is 0. The molecule has 1 saturated carbocycles. The van der Waals surface area contributed by atoms with Crippen molar-refractivity contribution >= 4 is 11.9 Å². The highest BCUT2D eigenvalue weighted by Gasteiger charge is 2.50. The van der Waals surface area contributed by atoms with E-state index in [0.29, 0.717) is 12.8 Å². The molecule has 27 heavy (non-hydrogen) atoms. The fourth-order valence-corrected chi connectivity index (χ4v) is 3.86. The molecule has 3 amide bonds. The van der Waals surface area contributed by atoms with E-state index in [9.17, 15) is 27.9 Å². The van der Waals surface area contributed by atoms with E-state index in [1.54, 1.807) is 0 Å². The zero-order valence-electron chi connectivity index (χ0n) is 14.9. The molecule has 1 atom stereocenters. The van der Waals surface area contributed by atoms with Crippen molar-refractivity contribution in [3.05, 3.63) is 35.4 Å². The van der Waals surface area contributed by atoms with E-state index in [4.69, 9.17) is 0 Å². The van der Waals surface area contributed by atoms with Gasteiger partial charge >= 0.3 is 12.2 Å². The van der Waals surface area contributed by atoms with Crippen LogP contribution < -0.4 is 5.32 Å². The standard InChI is InChI=1S/C19H23F3N2O3/c20-19(21,22)14-8-6-13(7-9-14)15(25)12-24-16(26)18(23-17(24)27)10-4-2-1-3-5-11-18/h6-9,15,25H,1-5,10-12H2,(H,23,27)/t15-/m1/s1. The molecule has 0 radical (unpaired) electrons. The Morgan fingerprint density at radius 2 is 1.59 bits per heavy atom. The molecule has 1 aromatic rings. The van der Waals surface area contributed by atoms with Crippen LogP contribution in [0.3, 0.4) is 0 Å². The molecule has 2 fully saturated rings. The van der Waals surface area contributed by atoms with Gasteiger partial charge in [-0.25, -0.2) is 4.79 Å². The quantitative estimate of drug-likeness (QED) is 0.780. The van der Waals surface area contributed by atoms with E-state index >= 15 is 0 Å². The van der Waals surface area contributed by atoms with Gasteiger partial charge in [0.05, 0.1) is 18.2 Å². The van der Waals surface area contributed by atoms with E-state index in [1.165, 1.54) is 0 Å². The molecular formula is C19H23F3N2O3. The Labute approximate surface area is 155 Å². The summed E-state index contributed by atoms with van der Waals surface area (Å²) in [4.78, 5) is 26.2. The van der Waals surface area contributed by atoms with Crippen LogP contribution in [-0.2, 0) is 11.0 Å². The molecule has 2 N–H and O–H groups in total. The van der Waals surface area contributed by atoms with E-state index in [-0.39, 0.29) is 18.0 Å². The van der Waals surface area contributed by atoms with Crippen molar-refractivity contribution in [1.82, 2.24) is 10.2 Å². The van der Waals surface area contributed by atoms with Gasteiger partial charge in [0.15, 0.2) is 0 Å². The predicted molar refractivity (Wildman–Crippen MR) is 91.7 cm³/mol. The van der Waals surface area contributed by atoms with E-state index in [0.717, 1.165) is 61.3 Å². The number of carbonyl (C=O) groups is 2. The fourth-order valence-electron chi connectivity index (χ4n) is 3.86. The number of aliphatic hydroxyl groups is 1. The van der Waals surface area contributed by atoms with Crippen LogP contribution in [0.15, 0.2) is 24.3 Å². The number of hydrogen-bond acceptors (Lipinski definition) is 3. The first-order valence-electron chi connectivity index (χ1n) is 9.22. The van der Waals surface area contributed by atoms with Crippen LogP contribution in [0.5, 0.6) is 0 Å². The number of halogens is 3. The van der Waals surface area contributed by atoms with Crippen LogP contribution in [0.4, 0.5) is 18.0 Å². The summed E-state index contributed by atoms with van der Waals surface area (Å²) in [5, 5.41) is 13.1. The maximum atomic E-state index is 12.9. The lowest BCUT2D eigenvalue weighted by Crippen LogP contribution is -2.47. The number of imide groups is 1. The van der Waals surface area contributed by atoms with Crippen LogP contribution in [0.1, 0.15) is 62.2 Å². The SMILES string of the molecule is O=C1NC2(CCCCCCC2)C(=O)N1C[C@@H](O)c1ccc(C(F)(F)F)cc1. The molecule has 1 spiro atoms. The molecule has 1 heterocycles. The fraction of sp³-hybridized carbons (Fsp3) is 0.579. The first-order valence-corrected chi connectivity index (χ1v) is 9.22. The molecule has 0 unspecified atom stereocenters. The third kappa shape index (κ3) is 4.10. The van der Waals surface area contributed by atoms with Crippen molar-refractivity contribution in [3.8, 4) is 0 Å². The third-order valence-corrected chi connectivity index (χ3v) is 5.43. The number of nitrogens with one attached hydrogen (secondary N) is 1. The molecule has 8 heteroatoms. The number of nitrogens with zero attached hydrogens (tertiary/aromatic N) is 1. The van der Waals surface area contributed by atoms with Crippen molar-refractivity contribution in [1.29, 1.82) is 0 Å². The highest BCUT2D eigenvalue weighted by atomic mass is 19.4. The van der Waals surface area contributed by atoms with Crippen molar-refractivity contribution < 1.29 is 27.9 Å². The number of rotatable bonds is 3. The Morgan fingerprint density at radius 1 is 1.04 bits per heavy atom. The molecule has 1 saturated heterocycles. The number of β-amino-alcohol motifs (C(OH)–C–C–N with tert-alkyl or cyclic N) is 1. The van der Waals surface area contributed by atoms with Gasteiger partial charge in [0, 0.05) is 0 Å². The van der Waals surface area contributed by atoms with Gasteiger partial charge in [0.25, 0.3) is 5.91 Å². The summed E-state index contributed by atoms with van der Waals surface area (Å²) in [5.74, 6) is -0.347. The average Bonchev–Trinajstić information content (AvgIpc) is 2.82. The number of benzene rings is 1. The van der Waals surface area contributed by atoms with Crippen LogP contribution in [0.25, 0.3) is 0 Å². The zero-order valence-corrected chi connectivity index (χ0v) is 14.9. The van der Waals surface area contributed by atoms with Crippen molar-refractivity contribution in [2.45, 2.75) is 62.8 Å². The Hall–Kier alpha value is -2.09. The van der Waals surface area contributed by atoms with Crippen LogP contribution in [0, 0.1) is 0 Å². The zero-order chi connectivity index (χ0) is 19.7. The number of aliphatic hydroxyl groups excluding tert-OH is 1. The normalized spacial score (nSPS) is 21.7. The Bertz CT molecular complexity index is 695. The highest BCUT2D eigenvalue weighted by Crippen LogP contribution is 2.33. The largest absolute Gasteiger partial charge is 0.416 e. The summed E-state index contributed by atoms with van der Waals surface area (Å²) >= 11 is 0. The minimum atomic E-state index is -4.46. The van der Waals surface area contributed by atoms with Gasteiger partial charge in [0.2, 0.25) is 0 Å². The number of hydrogen-bond donors (Lipinski definition) is 2. The maximum absolute atomic E-state index is 12.9. The molecule has 5 nitrogen and oxygen atoms in total. The first kappa shape index (κ1) is 19.7. The summed E-state index contributed by atoms with van der Waals surface area (Å²) < 4.78 is 37.9. The molecule has 0 aromatic heterocycles. The molecule has 1 aromatic carbocycles. The smallest absolute Gasteiger partial charge is 0.387 e. The van der Waals surface area contributed by atoms with E-state index in [1.807, 2.05) is 0 Å². The van der Waals surface area contributed by atoms with Crippen molar-refractivity contribution in [3.63, 3.8) is 0 Å². The summed E-state index contributed by atoms with van der Waals surface area (Å²) in [6.45, 7) is -0.280. The van der Waals surface area contributed by atoms with Gasteiger partial charge in [-0.1, -0.05) is 44.2 Å². The lowest BCUT2D eigenvalue weighted by Gasteiger charge is -2.28. The lowest BCUT2D eigenvalue weighted by molar-refractivity contribution is -0.137. The molecule has 1 aliphatic heterocycles. The monoisotopic (exact) mass is 384 g/mol. The van der Waals surface area contributed by atoms with Gasteiger partial charge in [0.1, 0.15) is 5.54 Å². The van der Waals surface area contributed by atoms with Gasteiger partial charge in [-0.15, -0.1) is 0 Å². The highest BCUT2D eigenvalue weighted by molar-refractivity contribution is 6.07. The second-order valence-electron chi connectivity index (χ2n) is 7.33. The minimum Gasteiger partial charge on any atom is -0.387 e. The molecule has 3 rings (SSSR count). The Kier molecular flexibility index (Phi) is 5.46. The molecule has 0 bridgehead atoms. The molecule has 1 aliphatic carbocycles. The minimum absolute atomic E-state index is 0.224.